The van der Waals surface area contributed by atoms with E-state index in [0.29, 0.717) is 49.1 Å². The molecule has 2 aliphatic rings. The van der Waals surface area contributed by atoms with Gasteiger partial charge in [0.1, 0.15) is 41.9 Å². The maximum absolute atomic E-state index is 14.0. The highest BCUT2D eigenvalue weighted by atomic mass is 19.1. The maximum Gasteiger partial charge on any atom is 0.246 e. The van der Waals surface area contributed by atoms with Crippen LogP contribution in [0, 0.1) is 5.82 Å². The number of H-pyrrole nitrogens is 1. The van der Waals surface area contributed by atoms with Crippen LogP contribution in [0.2, 0.25) is 0 Å². The molecule has 0 saturated carbocycles. The van der Waals surface area contributed by atoms with E-state index >= 15 is 0 Å². The van der Waals surface area contributed by atoms with Crippen molar-refractivity contribution in [3.05, 3.63) is 65.7 Å². The quantitative estimate of drug-likeness (QED) is 0.175. The molecule has 1 aromatic heterocycles. The zero-order chi connectivity index (χ0) is 38.8. The van der Waals surface area contributed by atoms with Crippen molar-refractivity contribution in [2.45, 2.75) is 108 Å². The lowest BCUT2D eigenvalue weighted by atomic mass is 10.0. The van der Waals surface area contributed by atoms with E-state index in [4.69, 9.17) is 0 Å². The normalized spacial score (nSPS) is 24.3. The van der Waals surface area contributed by atoms with Crippen molar-refractivity contribution in [2.75, 3.05) is 13.1 Å². The zero-order valence-corrected chi connectivity index (χ0v) is 30.5. The van der Waals surface area contributed by atoms with Gasteiger partial charge in [0.05, 0.1) is 17.1 Å². The Morgan fingerprint density at radius 3 is 2.44 bits per heavy atom. The second kappa shape index (κ2) is 18.6. The molecule has 5 rings (SSSR count). The minimum atomic E-state index is -1.49. The van der Waals surface area contributed by atoms with Crippen molar-refractivity contribution in [1.29, 1.82) is 0 Å². The van der Waals surface area contributed by atoms with E-state index in [1.807, 2.05) is 18.2 Å². The van der Waals surface area contributed by atoms with Gasteiger partial charge < -0.3 is 41.6 Å². The molecular formula is C38H49FN8O7. The third kappa shape index (κ3) is 10.4. The molecule has 0 unspecified atom stereocenters. The van der Waals surface area contributed by atoms with Crippen LogP contribution in [-0.4, -0.2) is 105 Å². The second-order valence-electron chi connectivity index (χ2n) is 13.9. The summed E-state index contributed by atoms with van der Waals surface area (Å²) in [5.41, 5.74) is 1.81. The summed E-state index contributed by atoms with van der Waals surface area (Å²) in [7, 11) is 0. The molecule has 2 aromatic carbocycles. The smallest absolute Gasteiger partial charge is 0.246 e. The first-order valence-corrected chi connectivity index (χ1v) is 18.6. The van der Waals surface area contributed by atoms with Crippen molar-refractivity contribution in [2.24, 2.45) is 0 Å². The lowest BCUT2D eigenvalue weighted by Gasteiger charge is -2.30. The van der Waals surface area contributed by atoms with Gasteiger partial charge in [-0.2, -0.15) is 0 Å². The summed E-state index contributed by atoms with van der Waals surface area (Å²) in [6.07, 6.45) is 1.10. The van der Waals surface area contributed by atoms with Crippen molar-refractivity contribution >= 4 is 46.5 Å². The van der Waals surface area contributed by atoms with Gasteiger partial charge in [-0.05, 0) is 69.2 Å². The molecule has 15 nitrogen and oxygen atoms in total. The van der Waals surface area contributed by atoms with Crippen LogP contribution in [0.1, 0.15) is 70.2 Å². The molecule has 0 radical (unpaired) electrons. The number of aromatic amines is 1. The predicted molar refractivity (Wildman–Crippen MR) is 196 cm³/mol. The van der Waals surface area contributed by atoms with Crippen LogP contribution in [0.25, 0.3) is 11.0 Å². The van der Waals surface area contributed by atoms with E-state index in [1.165, 1.54) is 30.0 Å². The number of rotatable bonds is 8. The molecule has 3 heterocycles. The molecular weight excluding hydrogens is 699 g/mol. The van der Waals surface area contributed by atoms with Crippen LogP contribution in [0.3, 0.4) is 0 Å². The second-order valence-corrected chi connectivity index (χ2v) is 13.9. The summed E-state index contributed by atoms with van der Waals surface area (Å²) in [5.74, 6) is -3.37. The van der Waals surface area contributed by atoms with E-state index in [0.717, 1.165) is 5.56 Å². The van der Waals surface area contributed by atoms with Crippen molar-refractivity contribution in [1.82, 2.24) is 41.5 Å². The number of nitrogens with zero attached hydrogens (tertiary/aromatic N) is 2. The first kappa shape index (κ1) is 39.8. The number of amides is 6. The molecule has 290 valence electrons. The third-order valence-corrected chi connectivity index (χ3v) is 9.79. The fourth-order valence-corrected chi connectivity index (χ4v) is 6.82. The monoisotopic (exact) mass is 748 g/mol. The fourth-order valence-electron chi connectivity index (χ4n) is 6.82. The highest BCUT2D eigenvalue weighted by molar-refractivity contribution is 5.97. The number of imidazole rings is 1. The number of nitrogens with one attached hydrogen (secondary N) is 6. The summed E-state index contributed by atoms with van der Waals surface area (Å²) in [4.78, 5) is 90.2. The van der Waals surface area contributed by atoms with Crippen molar-refractivity contribution in [3.63, 3.8) is 0 Å². The fraction of sp³-hybridized carbons (Fsp3) is 0.500. The molecule has 2 aliphatic heterocycles. The number of halogens is 1. The minimum Gasteiger partial charge on any atom is -0.391 e. The Hall–Kier alpha value is -5.38. The van der Waals surface area contributed by atoms with E-state index in [1.54, 1.807) is 19.1 Å². The van der Waals surface area contributed by atoms with Crippen LogP contribution < -0.4 is 26.6 Å². The summed E-state index contributed by atoms with van der Waals surface area (Å²) in [6, 6.07) is 7.67. The van der Waals surface area contributed by atoms with Gasteiger partial charge >= 0.3 is 0 Å². The molecule has 54 heavy (non-hydrogen) atoms. The number of aliphatic hydroxyl groups excluding tert-OH is 1. The third-order valence-electron chi connectivity index (χ3n) is 9.79. The largest absolute Gasteiger partial charge is 0.391 e. The van der Waals surface area contributed by atoms with Crippen molar-refractivity contribution in [3.8, 4) is 0 Å². The average molecular weight is 749 g/mol. The maximum atomic E-state index is 14.0. The Bertz CT molecular complexity index is 1820. The topological polar surface area (TPSA) is 215 Å². The lowest BCUT2D eigenvalue weighted by Crippen LogP contribution is -2.61. The average Bonchev–Trinajstić information content (AvgIpc) is 3.81. The SMILES string of the molecule is CC[C@@H]1NC(=O)[C@@H](NC(=O)CCc2nc3ccc(F)cc3[nH]2)CCCCNC(=O)[C@@H]2CCCN2C(=O)[C@@H](Cc2ccccc2)NC(=O)[C@H]([C@@H](C)O)NC1=O. The van der Waals surface area contributed by atoms with Gasteiger partial charge in [0.2, 0.25) is 35.4 Å². The van der Waals surface area contributed by atoms with Gasteiger partial charge in [0.25, 0.3) is 0 Å². The van der Waals surface area contributed by atoms with Gasteiger partial charge in [-0.25, -0.2) is 9.37 Å². The molecule has 6 atom stereocenters. The summed E-state index contributed by atoms with van der Waals surface area (Å²) in [6.45, 7) is 3.56. The number of aromatic nitrogens is 2. The Labute approximate surface area is 312 Å². The Morgan fingerprint density at radius 1 is 0.944 bits per heavy atom. The van der Waals surface area contributed by atoms with E-state index in [2.05, 4.69) is 36.6 Å². The number of aliphatic hydroxyl groups is 1. The Morgan fingerprint density at radius 2 is 1.70 bits per heavy atom. The van der Waals surface area contributed by atoms with Crippen LogP contribution in [0.15, 0.2) is 48.5 Å². The molecule has 16 heteroatoms. The summed E-state index contributed by atoms with van der Waals surface area (Å²) >= 11 is 0. The molecule has 0 bridgehead atoms. The lowest BCUT2D eigenvalue weighted by molar-refractivity contribution is -0.142. The van der Waals surface area contributed by atoms with E-state index in [-0.39, 0.29) is 44.6 Å². The standard InChI is InChI=1S/C38H49FN8O7/c1-3-25-34(50)46-33(22(2)48)37(53)45-29(20-23-10-5-4-6-11-23)38(54)47-19-9-13-30(47)36(52)40-18-8-7-12-27(35(51)44-25)43-32(49)17-16-31-41-26-15-14-24(39)21-28(26)42-31/h4-6,10-11,14-15,21-22,25,27,29-30,33,48H,3,7-9,12-13,16-20H2,1-2H3,(H,40,52)(H,41,42)(H,43,49)(H,44,51)(H,45,53)(H,46,50)/t22-,25+,27+,29-,30+,33+/m1/s1. The first-order valence-electron chi connectivity index (χ1n) is 18.6. The number of carbonyl (C=O) groups excluding carboxylic acids is 6. The van der Waals surface area contributed by atoms with Gasteiger partial charge in [0.15, 0.2) is 0 Å². The molecule has 0 aliphatic carbocycles. The van der Waals surface area contributed by atoms with Crippen LogP contribution in [0.5, 0.6) is 0 Å². The molecule has 6 amide bonds. The highest BCUT2D eigenvalue weighted by Gasteiger charge is 2.39. The summed E-state index contributed by atoms with van der Waals surface area (Å²) in [5, 5.41) is 24.2. The molecule has 2 saturated heterocycles. The van der Waals surface area contributed by atoms with Gasteiger partial charge in [-0.3, -0.25) is 28.8 Å². The zero-order valence-electron chi connectivity index (χ0n) is 30.5. The van der Waals surface area contributed by atoms with Crippen LogP contribution >= 0.6 is 0 Å². The number of hydrogen-bond acceptors (Lipinski definition) is 8. The molecule has 7 N–H and O–H groups in total. The molecule has 0 spiro atoms. The Balaban J connectivity index is 1.33. The van der Waals surface area contributed by atoms with E-state index in [9.17, 15) is 38.3 Å². The van der Waals surface area contributed by atoms with Crippen molar-refractivity contribution < 1.29 is 38.3 Å². The number of carbonyl (C=O) groups is 6. The minimum absolute atomic E-state index is 0.0348. The van der Waals surface area contributed by atoms with Crippen LogP contribution in [0.4, 0.5) is 4.39 Å². The van der Waals surface area contributed by atoms with Gasteiger partial charge in [-0.1, -0.05) is 37.3 Å². The number of hydrogen-bond donors (Lipinski definition) is 7. The molecule has 2 fully saturated rings. The van der Waals surface area contributed by atoms with E-state index < -0.39 is 71.7 Å². The van der Waals surface area contributed by atoms with Crippen LogP contribution in [-0.2, 0) is 41.6 Å². The number of aryl methyl sites for hydroxylation is 1. The Kier molecular flexibility index (Phi) is 13.7. The first-order chi connectivity index (χ1) is 25.9. The molecule has 3 aromatic rings. The van der Waals surface area contributed by atoms with Gasteiger partial charge in [0, 0.05) is 32.4 Å². The number of fused-ring (bicyclic) bond motifs is 2. The summed E-state index contributed by atoms with van der Waals surface area (Å²) < 4.78 is 13.6. The predicted octanol–water partition coefficient (Wildman–Crippen LogP) is 0.898. The van der Waals surface area contributed by atoms with Gasteiger partial charge in [-0.15, -0.1) is 0 Å². The highest BCUT2D eigenvalue weighted by Crippen LogP contribution is 2.20. The number of benzene rings is 2.